The number of pyridine rings is 1. The van der Waals surface area contributed by atoms with Gasteiger partial charge < -0.3 is 10.3 Å². The number of carbonyl (C=O) groups excluding carboxylic acids is 1. The SMILES string of the molecule is O=C(Nc1cc2nonc2cc1F)c1cnn(-c2cccc3c(=O)[nH]ccc23)c1C(F)(F)F. The van der Waals surface area contributed by atoms with Gasteiger partial charge in [-0.1, -0.05) is 6.07 Å². The zero-order valence-corrected chi connectivity index (χ0v) is 16.1. The van der Waals surface area contributed by atoms with Crippen LogP contribution in [0.2, 0.25) is 0 Å². The third-order valence-corrected chi connectivity index (χ3v) is 4.89. The van der Waals surface area contributed by atoms with Crippen molar-refractivity contribution in [1.29, 1.82) is 0 Å². The lowest BCUT2D eigenvalue weighted by atomic mass is 10.1. The lowest BCUT2D eigenvalue weighted by molar-refractivity contribution is -0.143. The Bertz CT molecular complexity index is 1600. The standard InChI is InChI=1S/C20H10F4N6O3/c21-12-6-14-15(29-33-28-14)7-13(12)27-19(32)11-8-26-30(17(11)20(22,23)24)16-3-1-2-10-9(16)4-5-25-18(10)31/h1-8H,(H,25,31)(H,27,32). The summed E-state index contributed by atoms with van der Waals surface area (Å²) < 4.78 is 61.4. The molecule has 0 bridgehead atoms. The van der Waals surface area contributed by atoms with Crippen LogP contribution in [0.5, 0.6) is 0 Å². The van der Waals surface area contributed by atoms with Gasteiger partial charge in [0.25, 0.3) is 11.5 Å². The summed E-state index contributed by atoms with van der Waals surface area (Å²) in [6, 6.07) is 7.59. The molecule has 9 nitrogen and oxygen atoms in total. The highest BCUT2D eigenvalue weighted by atomic mass is 19.4. The number of H-pyrrole nitrogens is 1. The number of alkyl halides is 3. The number of nitrogens with one attached hydrogen (secondary N) is 2. The van der Waals surface area contributed by atoms with Crippen molar-refractivity contribution in [1.82, 2.24) is 25.1 Å². The van der Waals surface area contributed by atoms with E-state index in [9.17, 15) is 27.2 Å². The van der Waals surface area contributed by atoms with Gasteiger partial charge in [-0.2, -0.15) is 18.3 Å². The van der Waals surface area contributed by atoms with Crippen LogP contribution in [0.4, 0.5) is 23.2 Å². The van der Waals surface area contributed by atoms with Gasteiger partial charge in [0.1, 0.15) is 16.9 Å². The first-order valence-corrected chi connectivity index (χ1v) is 9.23. The zero-order chi connectivity index (χ0) is 23.3. The van der Waals surface area contributed by atoms with Crippen LogP contribution in [0, 0.1) is 5.82 Å². The Labute approximate surface area is 179 Å². The maximum atomic E-state index is 14.3. The Morgan fingerprint density at radius 3 is 2.61 bits per heavy atom. The second-order valence-electron chi connectivity index (χ2n) is 6.90. The average Bonchev–Trinajstić information content (AvgIpc) is 3.40. The Balaban J connectivity index is 1.63. The fourth-order valence-corrected chi connectivity index (χ4v) is 3.45. The van der Waals surface area contributed by atoms with Crippen molar-refractivity contribution in [2.24, 2.45) is 0 Å². The monoisotopic (exact) mass is 458 g/mol. The van der Waals surface area contributed by atoms with Crippen molar-refractivity contribution in [3.05, 3.63) is 76.2 Å². The van der Waals surface area contributed by atoms with E-state index in [1.54, 1.807) is 0 Å². The molecule has 0 saturated carbocycles. The minimum absolute atomic E-state index is 0.0637. The van der Waals surface area contributed by atoms with E-state index < -0.39 is 40.4 Å². The molecule has 0 atom stereocenters. The molecule has 0 aliphatic carbocycles. The second-order valence-corrected chi connectivity index (χ2v) is 6.90. The molecule has 13 heteroatoms. The van der Waals surface area contributed by atoms with E-state index in [0.717, 1.165) is 18.3 Å². The molecule has 2 aromatic carbocycles. The highest BCUT2D eigenvalue weighted by molar-refractivity contribution is 6.06. The number of carbonyl (C=O) groups is 1. The zero-order valence-electron chi connectivity index (χ0n) is 16.1. The number of aromatic amines is 1. The first kappa shape index (κ1) is 20.4. The van der Waals surface area contributed by atoms with Gasteiger partial charge in [0.05, 0.1) is 23.1 Å². The van der Waals surface area contributed by atoms with Gasteiger partial charge in [-0.15, -0.1) is 0 Å². The summed E-state index contributed by atoms with van der Waals surface area (Å²) in [5, 5.41) is 13.1. The molecule has 5 aromatic rings. The van der Waals surface area contributed by atoms with Gasteiger partial charge in [0.15, 0.2) is 5.69 Å². The van der Waals surface area contributed by atoms with E-state index in [1.807, 2.05) is 0 Å². The third kappa shape index (κ3) is 3.39. The Kier molecular flexibility index (Phi) is 4.48. The van der Waals surface area contributed by atoms with Crippen molar-refractivity contribution in [3.8, 4) is 5.69 Å². The van der Waals surface area contributed by atoms with Gasteiger partial charge in [0, 0.05) is 23.0 Å². The van der Waals surface area contributed by atoms with Crippen LogP contribution < -0.4 is 10.9 Å². The predicted octanol–water partition coefficient (Wildman–Crippen LogP) is 3.66. The van der Waals surface area contributed by atoms with Crippen LogP contribution in [0.1, 0.15) is 16.1 Å². The molecular formula is C20H10F4N6O3. The second kappa shape index (κ2) is 7.25. The molecule has 0 aliphatic heterocycles. The molecule has 0 unspecified atom stereocenters. The molecule has 2 N–H and O–H groups in total. The van der Waals surface area contributed by atoms with Crippen molar-refractivity contribution < 1.29 is 27.0 Å². The summed E-state index contributed by atoms with van der Waals surface area (Å²) in [5.41, 5.74) is -3.05. The Morgan fingerprint density at radius 1 is 1.09 bits per heavy atom. The smallest absolute Gasteiger partial charge is 0.329 e. The first-order valence-electron chi connectivity index (χ1n) is 9.23. The molecule has 1 amide bonds. The lowest BCUT2D eigenvalue weighted by Crippen LogP contribution is -2.21. The lowest BCUT2D eigenvalue weighted by Gasteiger charge is -2.14. The molecular weight excluding hydrogens is 448 g/mol. The number of halogens is 4. The number of hydrogen-bond donors (Lipinski definition) is 2. The fourth-order valence-electron chi connectivity index (χ4n) is 3.45. The van der Waals surface area contributed by atoms with Gasteiger partial charge in [0.2, 0.25) is 0 Å². The summed E-state index contributed by atoms with van der Waals surface area (Å²) in [6.45, 7) is 0. The largest absolute Gasteiger partial charge is 0.434 e. The van der Waals surface area contributed by atoms with Crippen LogP contribution in [-0.4, -0.2) is 31.0 Å². The van der Waals surface area contributed by atoms with Gasteiger partial charge in [-0.25, -0.2) is 13.7 Å². The van der Waals surface area contributed by atoms with Crippen LogP contribution in [0.25, 0.3) is 27.5 Å². The van der Waals surface area contributed by atoms with E-state index >= 15 is 0 Å². The summed E-state index contributed by atoms with van der Waals surface area (Å²) in [5.74, 6) is -2.19. The molecule has 0 radical (unpaired) electrons. The maximum absolute atomic E-state index is 14.3. The fraction of sp³-hybridized carbons (Fsp3) is 0.0500. The van der Waals surface area contributed by atoms with Crippen LogP contribution >= 0.6 is 0 Å². The molecule has 5 rings (SSSR count). The predicted molar refractivity (Wildman–Crippen MR) is 106 cm³/mol. The van der Waals surface area contributed by atoms with Crippen LogP contribution in [-0.2, 0) is 6.18 Å². The van der Waals surface area contributed by atoms with Crippen molar-refractivity contribution in [3.63, 3.8) is 0 Å². The van der Waals surface area contributed by atoms with E-state index in [0.29, 0.717) is 4.68 Å². The number of hydrogen-bond acceptors (Lipinski definition) is 6. The highest BCUT2D eigenvalue weighted by Gasteiger charge is 2.41. The quantitative estimate of drug-likeness (QED) is 0.399. The Hall–Kier alpha value is -4.55. The van der Waals surface area contributed by atoms with Crippen molar-refractivity contribution in [2.75, 3.05) is 5.32 Å². The number of anilines is 1. The van der Waals surface area contributed by atoms with E-state index in [4.69, 9.17) is 0 Å². The summed E-state index contributed by atoms with van der Waals surface area (Å²) in [7, 11) is 0. The van der Waals surface area contributed by atoms with E-state index in [2.05, 4.69) is 30.3 Å². The minimum Gasteiger partial charge on any atom is -0.329 e. The molecule has 3 heterocycles. The molecule has 166 valence electrons. The maximum Gasteiger partial charge on any atom is 0.434 e. The number of benzene rings is 2. The average molecular weight is 458 g/mol. The van der Waals surface area contributed by atoms with E-state index in [1.165, 1.54) is 30.5 Å². The third-order valence-electron chi connectivity index (χ3n) is 4.89. The number of rotatable bonds is 3. The number of amides is 1. The van der Waals surface area contributed by atoms with Gasteiger partial charge >= 0.3 is 6.18 Å². The normalized spacial score (nSPS) is 11.9. The molecule has 0 aliphatic rings. The van der Waals surface area contributed by atoms with E-state index in [-0.39, 0.29) is 27.5 Å². The van der Waals surface area contributed by atoms with Crippen molar-refractivity contribution >= 4 is 33.4 Å². The number of nitrogens with zero attached hydrogens (tertiary/aromatic N) is 4. The van der Waals surface area contributed by atoms with Gasteiger partial charge in [-0.05, 0) is 34.6 Å². The molecule has 0 saturated heterocycles. The topological polar surface area (TPSA) is 119 Å². The van der Waals surface area contributed by atoms with Gasteiger partial charge in [-0.3, -0.25) is 9.59 Å². The Morgan fingerprint density at radius 2 is 1.85 bits per heavy atom. The summed E-state index contributed by atoms with van der Waals surface area (Å²) in [4.78, 5) is 27.2. The molecule has 0 spiro atoms. The summed E-state index contributed by atoms with van der Waals surface area (Å²) in [6.07, 6.45) is -3.00. The first-order chi connectivity index (χ1) is 15.7. The number of fused-ring (bicyclic) bond motifs is 2. The van der Waals surface area contributed by atoms with Crippen LogP contribution in [0.15, 0.2) is 58.2 Å². The summed E-state index contributed by atoms with van der Waals surface area (Å²) >= 11 is 0. The van der Waals surface area contributed by atoms with Crippen molar-refractivity contribution in [2.45, 2.75) is 6.18 Å². The number of aromatic nitrogens is 5. The van der Waals surface area contributed by atoms with Crippen LogP contribution in [0.3, 0.4) is 0 Å². The minimum atomic E-state index is -5.01. The highest BCUT2D eigenvalue weighted by Crippen LogP contribution is 2.35. The molecule has 0 fully saturated rings. The molecule has 3 aromatic heterocycles. The molecule has 33 heavy (non-hydrogen) atoms.